The molecule has 128 valence electrons. The highest BCUT2D eigenvalue weighted by molar-refractivity contribution is 7.88. The van der Waals surface area contributed by atoms with Crippen LogP contribution in [0.3, 0.4) is 0 Å². The number of benzene rings is 2. The summed E-state index contributed by atoms with van der Waals surface area (Å²) in [4.78, 5) is 12.2. The number of carbonyl (C=O) groups is 1. The van der Waals surface area contributed by atoms with Crippen LogP contribution in [0.5, 0.6) is 0 Å². The van der Waals surface area contributed by atoms with Crippen molar-refractivity contribution in [2.75, 3.05) is 18.1 Å². The molecule has 0 aromatic heterocycles. The number of nitrogens with one attached hydrogen (secondary N) is 1. The Labute approximate surface area is 147 Å². The van der Waals surface area contributed by atoms with Crippen LogP contribution < -0.4 is 5.32 Å². The lowest BCUT2D eigenvalue weighted by molar-refractivity contribution is -0.116. The summed E-state index contributed by atoms with van der Waals surface area (Å²) in [5.41, 5.74) is 2.34. The first kappa shape index (κ1) is 18.4. The summed E-state index contributed by atoms with van der Waals surface area (Å²) in [5, 5.41) is 3.16. The second-order valence-corrected chi connectivity index (χ2v) is 7.93. The molecule has 1 N–H and O–H groups in total. The van der Waals surface area contributed by atoms with Gasteiger partial charge in [-0.1, -0.05) is 47.5 Å². The van der Waals surface area contributed by atoms with E-state index in [1.165, 1.54) is 0 Å². The van der Waals surface area contributed by atoms with Crippen molar-refractivity contribution in [1.29, 1.82) is 0 Å². The van der Waals surface area contributed by atoms with Gasteiger partial charge in [0.1, 0.15) is 0 Å². The maximum atomic E-state index is 12.2. The van der Waals surface area contributed by atoms with Crippen molar-refractivity contribution in [1.82, 2.24) is 4.31 Å². The SMILES string of the molecule is Cc1ccc(NC(=O)CN(Cc2ccccc2Cl)S(C)(=O)=O)cc1. The lowest BCUT2D eigenvalue weighted by Gasteiger charge is -2.20. The van der Waals surface area contributed by atoms with Gasteiger partial charge in [0.05, 0.1) is 12.8 Å². The van der Waals surface area contributed by atoms with Crippen LogP contribution in [0, 0.1) is 6.92 Å². The van der Waals surface area contributed by atoms with E-state index in [0.717, 1.165) is 16.1 Å². The Kier molecular flexibility index (Phi) is 5.99. The van der Waals surface area contributed by atoms with Gasteiger partial charge < -0.3 is 5.32 Å². The quantitative estimate of drug-likeness (QED) is 0.854. The van der Waals surface area contributed by atoms with Crippen LogP contribution in [0.1, 0.15) is 11.1 Å². The smallest absolute Gasteiger partial charge is 0.239 e. The first-order valence-electron chi connectivity index (χ1n) is 7.31. The lowest BCUT2D eigenvalue weighted by Crippen LogP contribution is -2.37. The zero-order valence-corrected chi connectivity index (χ0v) is 15.1. The van der Waals surface area contributed by atoms with E-state index >= 15 is 0 Å². The number of nitrogens with zero attached hydrogens (tertiary/aromatic N) is 1. The molecule has 2 aromatic rings. The summed E-state index contributed by atoms with van der Waals surface area (Å²) in [6.07, 6.45) is 1.07. The van der Waals surface area contributed by atoms with Crippen molar-refractivity contribution < 1.29 is 13.2 Å². The average Bonchev–Trinajstić information content (AvgIpc) is 2.50. The van der Waals surface area contributed by atoms with Gasteiger partial charge in [0.2, 0.25) is 15.9 Å². The van der Waals surface area contributed by atoms with Crippen LogP contribution in [0.25, 0.3) is 0 Å². The summed E-state index contributed by atoms with van der Waals surface area (Å²) < 4.78 is 25.1. The van der Waals surface area contributed by atoms with Gasteiger partial charge in [-0.15, -0.1) is 0 Å². The van der Waals surface area contributed by atoms with Crippen LogP contribution >= 0.6 is 11.6 Å². The predicted molar refractivity (Wildman–Crippen MR) is 96.5 cm³/mol. The Bertz CT molecular complexity index is 820. The van der Waals surface area contributed by atoms with E-state index in [-0.39, 0.29) is 13.1 Å². The number of anilines is 1. The topological polar surface area (TPSA) is 66.5 Å². The molecular weight excluding hydrogens is 348 g/mol. The second kappa shape index (κ2) is 7.79. The molecule has 0 heterocycles. The Morgan fingerprint density at radius 2 is 1.75 bits per heavy atom. The molecule has 5 nitrogen and oxygen atoms in total. The maximum Gasteiger partial charge on any atom is 0.239 e. The van der Waals surface area contributed by atoms with Gasteiger partial charge >= 0.3 is 0 Å². The van der Waals surface area contributed by atoms with E-state index in [1.54, 1.807) is 36.4 Å². The molecule has 0 fully saturated rings. The van der Waals surface area contributed by atoms with E-state index in [1.807, 2.05) is 19.1 Å². The summed E-state index contributed by atoms with van der Waals surface area (Å²) in [5.74, 6) is -0.406. The Hall–Kier alpha value is -1.89. The second-order valence-electron chi connectivity index (χ2n) is 5.54. The first-order valence-corrected chi connectivity index (χ1v) is 9.53. The van der Waals surface area contributed by atoms with Gasteiger partial charge in [-0.05, 0) is 30.7 Å². The van der Waals surface area contributed by atoms with Gasteiger partial charge in [0.15, 0.2) is 0 Å². The van der Waals surface area contributed by atoms with Crippen LogP contribution in [0.4, 0.5) is 5.69 Å². The molecule has 0 spiro atoms. The zero-order chi connectivity index (χ0) is 17.7. The minimum Gasteiger partial charge on any atom is -0.325 e. The Morgan fingerprint density at radius 1 is 1.12 bits per heavy atom. The number of amides is 1. The third-order valence-electron chi connectivity index (χ3n) is 3.43. The number of carbonyl (C=O) groups excluding carboxylic acids is 1. The Morgan fingerprint density at radius 3 is 2.33 bits per heavy atom. The number of aryl methyl sites for hydroxylation is 1. The summed E-state index contributed by atoms with van der Waals surface area (Å²) >= 11 is 6.08. The van der Waals surface area contributed by atoms with Crippen molar-refractivity contribution in [3.63, 3.8) is 0 Å². The van der Waals surface area contributed by atoms with Gasteiger partial charge in [0, 0.05) is 17.3 Å². The monoisotopic (exact) mass is 366 g/mol. The van der Waals surface area contributed by atoms with Gasteiger partial charge in [-0.2, -0.15) is 4.31 Å². The minimum atomic E-state index is -3.56. The molecule has 0 saturated heterocycles. The normalized spacial score (nSPS) is 11.5. The van der Waals surface area contributed by atoms with E-state index in [9.17, 15) is 13.2 Å². The molecule has 24 heavy (non-hydrogen) atoms. The molecule has 7 heteroatoms. The summed E-state index contributed by atoms with van der Waals surface area (Å²) in [6.45, 7) is 1.71. The van der Waals surface area contributed by atoms with E-state index in [4.69, 9.17) is 11.6 Å². The highest BCUT2D eigenvalue weighted by Crippen LogP contribution is 2.18. The average molecular weight is 367 g/mol. The minimum absolute atomic E-state index is 0.0415. The van der Waals surface area contributed by atoms with Crippen LogP contribution in [-0.2, 0) is 21.4 Å². The van der Waals surface area contributed by atoms with Crippen LogP contribution in [-0.4, -0.2) is 31.4 Å². The molecule has 0 aliphatic carbocycles. The molecule has 0 radical (unpaired) electrons. The number of halogens is 1. The molecule has 0 atom stereocenters. The number of hydrogen-bond acceptors (Lipinski definition) is 3. The van der Waals surface area contributed by atoms with Gasteiger partial charge in [-0.25, -0.2) is 8.42 Å². The van der Waals surface area contributed by atoms with Crippen molar-refractivity contribution >= 4 is 33.2 Å². The fourth-order valence-electron chi connectivity index (χ4n) is 2.10. The highest BCUT2D eigenvalue weighted by atomic mass is 35.5. The van der Waals surface area contributed by atoms with Gasteiger partial charge in [0.25, 0.3) is 0 Å². The molecular formula is C17H19ClN2O3S. The molecule has 0 bridgehead atoms. The van der Waals surface area contributed by atoms with Crippen molar-refractivity contribution in [2.45, 2.75) is 13.5 Å². The van der Waals surface area contributed by atoms with Crippen molar-refractivity contribution in [3.05, 3.63) is 64.7 Å². The molecule has 0 unspecified atom stereocenters. The molecule has 0 saturated carbocycles. The van der Waals surface area contributed by atoms with Crippen LogP contribution in [0.2, 0.25) is 5.02 Å². The molecule has 2 aromatic carbocycles. The van der Waals surface area contributed by atoms with E-state index < -0.39 is 15.9 Å². The van der Waals surface area contributed by atoms with E-state index in [2.05, 4.69) is 5.32 Å². The Balaban J connectivity index is 2.10. The number of sulfonamides is 1. The summed E-state index contributed by atoms with van der Waals surface area (Å²) in [6, 6.07) is 14.2. The lowest BCUT2D eigenvalue weighted by atomic mass is 10.2. The molecule has 0 aliphatic heterocycles. The predicted octanol–water partition coefficient (Wildman–Crippen LogP) is 3.05. The fourth-order valence-corrected chi connectivity index (χ4v) is 3.03. The largest absolute Gasteiger partial charge is 0.325 e. The molecule has 1 amide bonds. The number of hydrogen-bond donors (Lipinski definition) is 1. The third kappa shape index (κ3) is 5.33. The van der Waals surface area contributed by atoms with E-state index in [0.29, 0.717) is 16.3 Å². The molecule has 2 rings (SSSR count). The molecule has 0 aliphatic rings. The van der Waals surface area contributed by atoms with Crippen LogP contribution in [0.15, 0.2) is 48.5 Å². The highest BCUT2D eigenvalue weighted by Gasteiger charge is 2.21. The zero-order valence-electron chi connectivity index (χ0n) is 13.5. The maximum absolute atomic E-state index is 12.2. The third-order valence-corrected chi connectivity index (χ3v) is 4.99. The standard InChI is InChI=1S/C17H19ClN2O3S/c1-13-7-9-15(10-8-13)19-17(21)12-20(24(2,22)23)11-14-5-3-4-6-16(14)18/h3-10H,11-12H2,1-2H3,(H,19,21). The van der Waals surface area contributed by atoms with Gasteiger partial charge in [-0.3, -0.25) is 4.79 Å². The summed E-state index contributed by atoms with van der Waals surface area (Å²) in [7, 11) is -3.56. The van der Waals surface area contributed by atoms with Crippen molar-refractivity contribution in [3.8, 4) is 0 Å². The first-order chi connectivity index (χ1) is 11.3. The van der Waals surface area contributed by atoms with Crippen molar-refractivity contribution in [2.24, 2.45) is 0 Å². The number of rotatable bonds is 6. The fraction of sp³-hybridized carbons (Fsp3) is 0.235.